The topological polar surface area (TPSA) is 38.3 Å². The van der Waals surface area contributed by atoms with Gasteiger partial charge in [-0.05, 0) is 12.8 Å². The number of ether oxygens (including phenoxy) is 1. The molecule has 0 unspecified atom stereocenters. The van der Waals surface area contributed by atoms with Crippen LogP contribution < -0.4 is 5.32 Å². The van der Waals surface area contributed by atoms with Crippen molar-refractivity contribution < 1.29 is 9.53 Å². The highest BCUT2D eigenvalue weighted by molar-refractivity contribution is 5.75. The van der Waals surface area contributed by atoms with Crippen molar-refractivity contribution in [1.29, 1.82) is 0 Å². The summed E-state index contributed by atoms with van der Waals surface area (Å²) in [6.45, 7) is 6.31. The van der Waals surface area contributed by atoms with Crippen LogP contribution in [0.3, 0.4) is 0 Å². The maximum absolute atomic E-state index is 11.1. The molecule has 0 fully saturated rings. The van der Waals surface area contributed by atoms with Gasteiger partial charge in [0.1, 0.15) is 0 Å². The molecule has 0 aromatic heterocycles. The highest BCUT2D eigenvalue weighted by Crippen LogP contribution is 1.92. The Kier molecular flexibility index (Phi) is 10.1. The first-order valence-corrected chi connectivity index (χ1v) is 5.65. The Balaban J connectivity index is 3.07. The van der Waals surface area contributed by atoms with Crippen molar-refractivity contribution in [2.45, 2.75) is 46.0 Å². The molecule has 0 heterocycles. The lowest BCUT2D eigenvalue weighted by Crippen LogP contribution is -2.26. The average Bonchev–Trinajstić information content (AvgIpc) is 2.20. The van der Waals surface area contributed by atoms with E-state index in [1.54, 1.807) is 0 Å². The van der Waals surface area contributed by atoms with E-state index in [0.717, 1.165) is 32.3 Å². The predicted octanol–water partition coefficient (Wildman–Crippen LogP) is 2.11. The minimum absolute atomic E-state index is 0.144. The maximum atomic E-state index is 11.1. The van der Waals surface area contributed by atoms with Crippen LogP contribution >= 0.6 is 0 Å². The lowest BCUT2D eigenvalue weighted by molar-refractivity contribution is -0.121. The molecule has 1 amide bonds. The average molecular weight is 201 g/mol. The van der Waals surface area contributed by atoms with E-state index < -0.39 is 0 Å². The van der Waals surface area contributed by atoms with Gasteiger partial charge < -0.3 is 10.1 Å². The van der Waals surface area contributed by atoms with E-state index in [2.05, 4.69) is 19.2 Å². The van der Waals surface area contributed by atoms with Crippen molar-refractivity contribution >= 4 is 5.91 Å². The van der Waals surface area contributed by atoms with Crippen LogP contribution in [-0.4, -0.2) is 25.7 Å². The Labute approximate surface area is 87.2 Å². The number of unbranched alkanes of at least 4 members (excludes halogenated alkanes) is 2. The third kappa shape index (κ3) is 9.52. The fraction of sp³-hybridized carbons (Fsp3) is 0.909. The number of amides is 1. The van der Waals surface area contributed by atoms with Gasteiger partial charge in [-0.15, -0.1) is 0 Å². The standard InChI is InChI=1S/C11H23NO2/c1-3-5-7-11(13)12-8-10-14-9-6-4-2/h3-10H2,1-2H3,(H,12,13). The maximum Gasteiger partial charge on any atom is 0.220 e. The van der Waals surface area contributed by atoms with E-state index in [9.17, 15) is 4.79 Å². The Bertz CT molecular complexity index is 137. The molecule has 0 aliphatic rings. The van der Waals surface area contributed by atoms with Crippen LogP contribution in [0.25, 0.3) is 0 Å². The summed E-state index contributed by atoms with van der Waals surface area (Å²) in [7, 11) is 0. The highest BCUT2D eigenvalue weighted by atomic mass is 16.5. The zero-order chi connectivity index (χ0) is 10.6. The Morgan fingerprint density at radius 1 is 1.14 bits per heavy atom. The van der Waals surface area contributed by atoms with Gasteiger partial charge in [-0.25, -0.2) is 0 Å². The quantitative estimate of drug-likeness (QED) is 0.580. The second kappa shape index (κ2) is 10.5. The third-order valence-corrected chi connectivity index (χ3v) is 1.97. The molecule has 0 bridgehead atoms. The van der Waals surface area contributed by atoms with Crippen LogP contribution in [0, 0.1) is 0 Å². The molecule has 0 aliphatic heterocycles. The fourth-order valence-electron chi connectivity index (χ4n) is 1.04. The van der Waals surface area contributed by atoms with Crippen molar-refractivity contribution in [3.05, 3.63) is 0 Å². The smallest absolute Gasteiger partial charge is 0.220 e. The predicted molar refractivity (Wildman–Crippen MR) is 58.3 cm³/mol. The number of rotatable bonds is 9. The summed E-state index contributed by atoms with van der Waals surface area (Å²) in [5, 5.41) is 2.83. The van der Waals surface area contributed by atoms with E-state index in [-0.39, 0.29) is 5.91 Å². The van der Waals surface area contributed by atoms with Crippen molar-refractivity contribution in [2.24, 2.45) is 0 Å². The molecule has 0 saturated heterocycles. The van der Waals surface area contributed by atoms with E-state index >= 15 is 0 Å². The van der Waals surface area contributed by atoms with Crippen LogP contribution in [0.2, 0.25) is 0 Å². The molecule has 3 nitrogen and oxygen atoms in total. The molecule has 0 aromatic rings. The minimum Gasteiger partial charge on any atom is -0.380 e. The molecule has 14 heavy (non-hydrogen) atoms. The second-order valence-corrected chi connectivity index (χ2v) is 3.42. The SMILES string of the molecule is CCCCOCCNC(=O)CCCC. The van der Waals surface area contributed by atoms with Crippen LogP contribution in [0.15, 0.2) is 0 Å². The first-order chi connectivity index (χ1) is 6.81. The van der Waals surface area contributed by atoms with E-state index in [1.807, 2.05) is 0 Å². The Morgan fingerprint density at radius 2 is 1.86 bits per heavy atom. The van der Waals surface area contributed by atoms with Crippen LogP contribution in [0.1, 0.15) is 46.0 Å². The van der Waals surface area contributed by atoms with Gasteiger partial charge in [0.25, 0.3) is 0 Å². The summed E-state index contributed by atoms with van der Waals surface area (Å²) >= 11 is 0. The highest BCUT2D eigenvalue weighted by Gasteiger charge is 1.98. The first-order valence-electron chi connectivity index (χ1n) is 5.65. The zero-order valence-electron chi connectivity index (χ0n) is 9.47. The molecular weight excluding hydrogens is 178 g/mol. The summed E-state index contributed by atoms with van der Waals surface area (Å²) in [6, 6.07) is 0. The number of carbonyl (C=O) groups is 1. The molecule has 0 rings (SSSR count). The molecule has 1 N–H and O–H groups in total. The number of carbonyl (C=O) groups excluding carboxylic acids is 1. The lowest BCUT2D eigenvalue weighted by atomic mass is 10.2. The van der Waals surface area contributed by atoms with Gasteiger partial charge >= 0.3 is 0 Å². The van der Waals surface area contributed by atoms with Gasteiger partial charge in [0, 0.05) is 19.6 Å². The fourth-order valence-corrected chi connectivity index (χ4v) is 1.04. The van der Waals surface area contributed by atoms with E-state index in [4.69, 9.17) is 4.74 Å². The van der Waals surface area contributed by atoms with Crippen LogP contribution in [0.4, 0.5) is 0 Å². The van der Waals surface area contributed by atoms with E-state index in [0.29, 0.717) is 19.6 Å². The van der Waals surface area contributed by atoms with Gasteiger partial charge in [-0.2, -0.15) is 0 Å². The normalized spacial score (nSPS) is 10.1. The number of hydrogen-bond donors (Lipinski definition) is 1. The zero-order valence-corrected chi connectivity index (χ0v) is 9.47. The number of nitrogens with one attached hydrogen (secondary N) is 1. The van der Waals surface area contributed by atoms with Crippen molar-refractivity contribution in [1.82, 2.24) is 5.32 Å². The summed E-state index contributed by atoms with van der Waals surface area (Å²) < 4.78 is 5.31. The van der Waals surface area contributed by atoms with Crippen LogP contribution in [-0.2, 0) is 9.53 Å². The summed E-state index contributed by atoms with van der Waals surface area (Å²) in [4.78, 5) is 11.1. The monoisotopic (exact) mass is 201 g/mol. The molecule has 0 saturated carbocycles. The van der Waals surface area contributed by atoms with Crippen molar-refractivity contribution in [3.63, 3.8) is 0 Å². The first kappa shape index (κ1) is 13.4. The van der Waals surface area contributed by atoms with Gasteiger partial charge in [0.15, 0.2) is 0 Å². The molecule has 0 radical (unpaired) electrons. The third-order valence-electron chi connectivity index (χ3n) is 1.97. The van der Waals surface area contributed by atoms with Gasteiger partial charge in [0.05, 0.1) is 6.61 Å². The Hall–Kier alpha value is -0.570. The summed E-state index contributed by atoms with van der Waals surface area (Å²) in [6.07, 6.45) is 4.95. The summed E-state index contributed by atoms with van der Waals surface area (Å²) in [5.74, 6) is 0.144. The van der Waals surface area contributed by atoms with Gasteiger partial charge in [-0.3, -0.25) is 4.79 Å². The molecule has 0 spiro atoms. The second-order valence-electron chi connectivity index (χ2n) is 3.42. The van der Waals surface area contributed by atoms with E-state index in [1.165, 1.54) is 0 Å². The van der Waals surface area contributed by atoms with Gasteiger partial charge in [0.2, 0.25) is 5.91 Å². The Morgan fingerprint density at radius 3 is 2.50 bits per heavy atom. The molecule has 84 valence electrons. The molecule has 0 atom stereocenters. The molecule has 0 aliphatic carbocycles. The minimum atomic E-state index is 0.144. The lowest BCUT2D eigenvalue weighted by Gasteiger charge is -2.05. The van der Waals surface area contributed by atoms with Crippen LogP contribution in [0.5, 0.6) is 0 Å². The van der Waals surface area contributed by atoms with Gasteiger partial charge in [-0.1, -0.05) is 26.7 Å². The number of hydrogen-bond acceptors (Lipinski definition) is 2. The van der Waals surface area contributed by atoms with Crippen molar-refractivity contribution in [2.75, 3.05) is 19.8 Å². The molecule has 3 heteroatoms. The largest absolute Gasteiger partial charge is 0.380 e. The summed E-state index contributed by atoms with van der Waals surface area (Å²) in [5.41, 5.74) is 0. The van der Waals surface area contributed by atoms with Crippen molar-refractivity contribution in [3.8, 4) is 0 Å². The molecule has 0 aromatic carbocycles. The molecular formula is C11H23NO2.